The van der Waals surface area contributed by atoms with E-state index in [9.17, 15) is 0 Å². The van der Waals surface area contributed by atoms with Gasteiger partial charge in [-0.15, -0.1) is 0 Å². The van der Waals surface area contributed by atoms with E-state index in [2.05, 4.69) is 22.1 Å². The average molecular weight is 309 g/mol. The lowest BCUT2D eigenvalue weighted by atomic mass is 10.1. The fourth-order valence-electron chi connectivity index (χ4n) is 2.87. The molecule has 0 bridgehead atoms. The third-order valence-corrected chi connectivity index (χ3v) is 4.14. The number of H-pyrrole nitrogens is 1. The SMILES string of the molecule is c1ccc(Cn2nc([C@H]3CCOC3)nc2Cc2cnc[nH]2)cc1. The van der Waals surface area contributed by atoms with E-state index < -0.39 is 0 Å². The van der Waals surface area contributed by atoms with Gasteiger partial charge in [-0.05, 0) is 12.0 Å². The van der Waals surface area contributed by atoms with Crippen LogP contribution in [0.25, 0.3) is 0 Å². The van der Waals surface area contributed by atoms with Crippen LogP contribution >= 0.6 is 0 Å². The van der Waals surface area contributed by atoms with Crippen molar-refractivity contribution in [1.29, 1.82) is 0 Å². The van der Waals surface area contributed by atoms with Crippen molar-refractivity contribution >= 4 is 0 Å². The summed E-state index contributed by atoms with van der Waals surface area (Å²) >= 11 is 0. The first-order chi connectivity index (χ1) is 11.4. The van der Waals surface area contributed by atoms with Crippen LogP contribution in [0.3, 0.4) is 0 Å². The largest absolute Gasteiger partial charge is 0.381 e. The Labute approximate surface area is 134 Å². The Bertz CT molecular complexity index is 745. The summed E-state index contributed by atoms with van der Waals surface area (Å²) in [6.07, 6.45) is 5.23. The summed E-state index contributed by atoms with van der Waals surface area (Å²) in [6, 6.07) is 10.3. The van der Waals surface area contributed by atoms with Crippen LogP contribution in [0.2, 0.25) is 0 Å². The van der Waals surface area contributed by atoms with Crippen molar-refractivity contribution < 1.29 is 4.74 Å². The summed E-state index contributed by atoms with van der Waals surface area (Å²) in [5.41, 5.74) is 2.26. The first kappa shape index (κ1) is 14.1. The molecule has 1 aromatic carbocycles. The van der Waals surface area contributed by atoms with Crippen LogP contribution in [-0.4, -0.2) is 37.9 Å². The molecule has 1 N–H and O–H groups in total. The Hall–Kier alpha value is -2.47. The van der Waals surface area contributed by atoms with Gasteiger partial charge in [0.25, 0.3) is 0 Å². The molecule has 1 aliphatic rings. The van der Waals surface area contributed by atoms with Gasteiger partial charge in [-0.1, -0.05) is 30.3 Å². The number of aromatic amines is 1. The zero-order chi connectivity index (χ0) is 15.5. The lowest BCUT2D eigenvalue weighted by Crippen LogP contribution is -2.08. The minimum atomic E-state index is 0.313. The number of hydrogen-bond donors (Lipinski definition) is 1. The van der Waals surface area contributed by atoms with Crippen molar-refractivity contribution in [2.45, 2.75) is 25.3 Å². The van der Waals surface area contributed by atoms with Gasteiger partial charge < -0.3 is 9.72 Å². The van der Waals surface area contributed by atoms with Gasteiger partial charge in [-0.2, -0.15) is 5.10 Å². The highest BCUT2D eigenvalue weighted by molar-refractivity contribution is 5.16. The number of nitrogens with zero attached hydrogens (tertiary/aromatic N) is 4. The molecule has 0 saturated carbocycles. The van der Waals surface area contributed by atoms with E-state index in [1.807, 2.05) is 29.1 Å². The third kappa shape index (κ3) is 3.17. The Morgan fingerprint density at radius 2 is 2.17 bits per heavy atom. The molecular formula is C17H19N5O. The first-order valence-corrected chi connectivity index (χ1v) is 7.91. The molecule has 1 fully saturated rings. The normalized spacial score (nSPS) is 17.7. The van der Waals surface area contributed by atoms with Crippen LogP contribution in [0, 0.1) is 0 Å². The zero-order valence-corrected chi connectivity index (χ0v) is 12.9. The van der Waals surface area contributed by atoms with E-state index in [0.717, 1.165) is 43.5 Å². The highest BCUT2D eigenvalue weighted by atomic mass is 16.5. The predicted octanol–water partition coefficient (Wildman–Crippen LogP) is 2.14. The molecule has 0 unspecified atom stereocenters. The third-order valence-electron chi connectivity index (χ3n) is 4.14. The maximum atomic E-state index is 5.48. The van der Waals surface area contributed by atoms with Crippen LogP contribution in [0.1, 0.15) is 35.2 Å². The van der Waals surface area contributed by atoms with E-state index in [4.69, 9.17) is 14.8 Å². The molecule has 4 rings (SSSR count). The standard InChI is InChI=1S/C17H19N5O/c1-2-4-13(5-3-1)10-22-16(8-15-9-18-12-19-15)20-17(21-22)14-6-7-23-11-14/h1-5,9,12,14H,6-8,10-11H2,(H,18,19)/t14-/m0/s1. The molecule has 6 nitrogen and oxygen atoms in total. The molecular weight excluding hydrogens is 290 g/mol. The predicted molar refractivity (Wildman–Crippen MR) is 85.1 cm³/mol. The number of nitrogens with one attached hydrogen (secondary N) is 1. The van der Waals surface area contributed by atoms with E-state index in [1.165, 1.54) is 5.56 Å². The Kier molecular flexibility index (Phi) is 3.90. The second kappa shape index (κ2) is 6.34. The maximum absolute atomic E-state index is 5.48. The van der Waals surface area contributed by atoms with Gasteiger partial charge in [-0.3, -0.25) is 0 Å². The fourth-order valence-corrected chi connectivity index (χ4v) is 2.87. The topological polar surface area (TPSA) is 68.6 Å². The fraction of sp³-hybridized carbons (Fsp3) is 0.353. The lowest BCUT2D eigenvalue weighted by molar-refractivity contribution is 0.193. The molecule has 0 radical (unpaired) electrons. The molecule has 23 heavy (non-hydrogen) atoms. The summed E-state index contributed by atoms with van der Waals surface area (Å²) in [5, 5.41) is 4.76. The summed E-state index contributed by atoms with van der Waals surface area (Å²) in [7, 11) is 0. The van der Waals surface area contributed by atoms with Crippen molar-refractivity contribution in [3.05, 3.63) is 65.8 Å². The van der Waals surface area contributed by atoms with Gasteiger partial charge in [0.05, 0.1) is 19.5 Å². The second-order valence-electron chi connectivity index (χ2n) is 5.84. The van der Waals surface area contributed by atoms with Crippen molar-refractivity contribution in [2.75, 3.05) is 13.2 Å². The van der Waals surface area contributed by atoms with Gasteiger partial charge in [0.15, 0.2) is 5.82 Å². The molecule has 3 heterocycles. The number of ether oxygens (including phenoxy) is 1. The molecule has 2 aromatic heterocycles. The summed E-state index contributed by atoms with van der Waals surface area (Å²) in [5.74, 6) is 2.17. The average Bonchev–Trinajstić information content (AvgIpc) is 3.31. The number of benzene rings is 1. The molecule has 0 amide bonds. The van der Waals surface area contributed by atoms with E-state index >= 15 is 0 Å². The molecule has 1 saturated heterocycles. The van der Waals surface area contributed by atoms with Gasteiger partial charge in [-0.25, -0.2) is 14.6 Å². The molecule has 0 spiro atoms. The van der Waals surface area contributed by atoms with E-state index in [1.54, 1.807) is 6.33 Å². The zero-order valence-electron chi connectivity index (χ0n) is 12.9. The molecule has 1 aliphatic heterocycles. The molecule has 6 heteroatoms. The lowest BCUT2D eigenvalue weighted by Gasteiger charge is -2.05. The van der Waals surface area contributed by atoms with Crippen molar-refractivity contribution in [3.63, 3.8) is 0 Å². The van der Waals surface area contributed by atoms with Gasteiger partial charge in [0, 0.05) is 30.8 Å². The maximum Gasteiger partial charge on any atom is 0.156 e. The Morgan fingerprint density at radius 1 is 1.26 bits per heavy atom. The molecule has 0 aliphatic carbocycles. The minimum Gasteiger partial charge on any atom is -0.381 e. The number of rotatable bonds is 5. The highest BCUT2D eigenvalue weighted by Gasteiger charge is 2.23. The van der Waals surface area contributed by atoms with Crippen LogP contribution < -0.4 is 0 Å². The van der Waals surface area contributed by atoms with Crippen LogP contribution in [0.15, 0.2) is 42.9 Å². The smallest absolute Gasteiger partial charge is 0.156 e. The number of hydrogen-bond acceptors (Lipinski definition) is 4. The summed E-state index contributed by atoms with van der Waals surface area (Å²) in [4.78, 5) is 12.0. The summed E-state index contributed by atoms with van der Waals surface area (Å²) in [6.45, 7) is 2.25. The Balaban J connectivity index is 1.63. The van der Waals surface area contributed by atoms with Crippen molar-refractivity contribution in [1.82, 2.24) is 24.7 Å². The van der Waals surface area contributed by atoms with Crippen molar-refractivity contribution in [2.24, 2.45) is 0 Å². The van der Waals surface area contributed by atoms with Crippen molar-refractivity contribution in [3.8, 4) is 0 Å². The molecule has 118 valence electrons. The van der Waals surface area contributed by atoms with Crippen LogP contribution in [0.4, 0.5) is 0 Å². The van der Waals surface area contributed by atoms with Gasteiger partial charge in [0.2, 0.25) is 0 Å². The number of imidazole rings is 1. The highest BCUT2D eigenvalue weighted by Crippen LogP contribution is 2.23. The Morgan fingerprint density at radius 3 is 2.91 bits per heavy atom. The van der Waals surface area contributed by atoms with Gasteiger partial charge >= 0.3 is 0 Å². The summed E-state index contributed by atoms with van der Waals surface area (Å²) < 4.78 is 7.48. The molecule has 3 aromatic rings. The quantitative estimate of drug-likeness (QED) is 0.784. The van der Waals surface area contributed by atoms with E-state index in [-0.39, 0.29) is 0 Å². The molecule has 1 atom stereocenters. The van der Waals surface area contributed by atoms with E-state index in [0.29, 0.717) is 12.3 Å². The van der Waals surface area contributed by atoms with Crippen LogP contribution in [-0.2, 0) is 17.7 Å². The van der Waals surface area contributed by atoms with Gasteiger partial charge in [0.1, 0.15) is 5.82 Å². The number of aromatic nitrogens is 5. The monoisotopic (exact) mass is 309 g/mol. The first-order valence-electron chi connectivity index (χ1n) is 7.91. The van der Waals surface area contributed by atoms with Crippen LogP contribution in [0.5, 0.6) is 0 Å². The minimum absolute atomic E-state index is 0.313. The second-order valence-corrected chi connectivity index (χ2v) is 5.84.